The molecule has 4 aromatic rings. The van der Waals surface area contributed by atoms with Crippen molar-refractivity contribution >= 4 is 23.0 Å². The average Bonchev–Trinajstić information content (AvgIpc) is 3.51. The Morgan fingerprint density at radius 3 is 1.41 bits per heavy atom. The van der Waals surface area contributed by atoms with E-state index in [9.17, 15) is 4.79 Å². The van der Waals surface area contributed by atoms with Crippen LogP contribution in [0.15, 0.2) is 126 Å². The maximum absolute atomic E-state index is 14.0. The number of carbonyl (C=O) groups is 1. The topological polar surface area (TPSA) is 38.7 Å². The van der Waals surface area contributed by atoms with E-state index in [0.29, 0.717) is 5.90 Å². The molecule has 3 heteroatoms. The second kappa shape index (κ2) is 7.67. The van der Waals surface area contributed by atoms with E-state index in [0.717, 1.165) is 33.4 Å². The highest BCUT2D eigenvalue weighted by molar-refractivity contribution is 6.24. The van der Waals surface area contributed by atoms with Gasteiger partial charge in [0.2, 0.25) is 5.54 Å². The normalized spacial score (nSPS) is 20.6. The van der Waals surface area contributed by atoms with Crippen LogP contribution in [0.4, 0.5) is 0 Å². The van der Waals surface area contributed by atoms with Crippen molar-refractivity contribution in [2.45, 2.75) is 17.9 Å². The summed E-state index contributed by atoms with van der Waals surface area (Å²) in [6, 6.07) is 40.7. The molecule has 0 saturated heterocycles. The summed E-state index contributed by atoms with van der Waals surface area (Å²) in [4.78, 5) is 19.0. The molecule has 0 bridgehead atoms. The van der Waals surface area contributed by atoms with Gasteiger partial charge in [-0.25, -0.2) is 9.79 Å². The van der Waals surface area contributed by atoms with E-state index in [2.05, 4.69) is 36.4 Å². The van der Waals surface area contributed by atoms with E-state index in [1.807, 2.05) is 84.9 Å². The molecule has 0 amide bonds. The van der Waals surface area contributed by atoms with Gasteiger partial charge in [-0.05, 0) is 33.4 Å². The molecule has 1 aliphatic heterocycles. The summed E-state index contributed by atoms with van der Waals surface area (Å²) in [5.41, 5.74) is 4.12. The van der Waals surface area contributed by atoms with Gasteiger partial charge in [0.15, 0.2) is 5.90 Å². The first kappa shape index (κ1) is 20.4. The van der Waals surface area contributed by atoms with Crippen molar-refractivity contribution in [3.8, 4) is 0 Å². The largest absolute Gasteiger partial charge is 0.410 e. The number of hydrogen-bond acceptors (Lipinski definition) is 3. The lowest BCUT2D eigenvalue weighted by molar-refractivity contribution is -0.140. The van der Waals surface area contributed by atoms with Crippen LogP contribution in [0.2, 0.25) is 0 Å². The van der Waals surface area contributed by atoms with E-state index in [-0.39, 0.29) is 5.97 Å². The molecule has 0 saturated carbocycles. The maximum Gasteiger partial charge on any atom is 0.346 e. The summed E-state index contributed by atoms with van der Waals surface area (Å²) in [7, 11) is 0. The molecule has 164 valence electrons. The Balaban J connectivity index is 1.74. The van der Waals surface area contributed by atoms with Crippen molar-refractivity contribution in [3.05, 3.63) is 144 Å². The lowest BCUT2D eigenvalue weighted by atomic mass is 9.66. The van der Waals surface area contributed by atoms with Gasteiger partial charge in [-0.3, -0.25) is 0 Å². The second-order valence-corrected chi connectivity index (χ2v) is 8.69. The summed E-state index contributed by atoms with van der Waals surface area (Å²) in [6.07, 6.45) is 0. The fourth-order valence-electron chi connectivity index (χ4n) is 5.59. The van der Waals surface area contributed by atoms with Crippen LogP contribution in [-0.2, 0) is 20.5 Å². The molecule has 6 rings (SSSR count). The Morgan fingerprint density at radius 2 is 1.00 bits per heavy atom. The standard InChI is InChI=1S/C31H23NO2/c1-22-32-31(29(33)34-22,26-20-12-5-13-21-26)30(25-18-10-4-11-19-25)27(23-14-6-2-7-15-23)28(30)24-16-8-3-9-17-24/h2-21H,1H3. The quantitative estimate of drug-likeness (QED) is 0.335. The molecule has 0 aromatic heterocycles. The smallest absolute Gasteiger partial charge is 0.346 e. The summed E-state index contributed by atoms with van der Waals surface area (Å²) in [6.45, 7) is 1.76. The van der Waals surface area contributed by atoms with E-state index >= 15 is 0 Å². The van der Waals surface area contributed by atoms with Gasteiger partial charge in [-0.2, -0.15) is 0 Å². The number of aliphatic imine (C=N–C) groups is 1. The van der Waals surface area contributed by atoms with Gasteiger partial charge in [0.1, 0.15) is 0 Å². The maximum atomic E-state index is 14.0. The zero-order valence-electron chi connectivity index (χ0n) is 18.8. The van der Waals surface area contributed by atoms with E-state index < -0.39 is 11.0 Å². The summed E-state index contributed by atoms with van der Waals surface area (Å²) in [5.74, 6) is 0.0373. The van der Waals surface area contributed by atoms with Gasteiger partial charge < -0.3 is 4.74 Å². The molecule has 0 spiro atoms. The van der Waals surface area contributed by atoms with Crippen molar-refractivity contribution in [2.75, 3.05) is 0 Å². The van der Waals surface area contributed by atoms with Crippen molar-refractivity contribution in [1.82, 2.24) is 0 Å². The third-order valence-corrected chi connectivity index (χ3v) is 6.86. The molecular weight excluding hydrogens is 418 g/mol. The predicted molar refractivity (Wildman–Crippen MR) is 135 cm³/mol. The van der Waals surface area contributed by atoms with Crippen molar-refractivity contribution in [3.63, 3.8) is 0 Å². The first-order valence-electron chi connectivity index (χ1n) is 11.5. The summed E-state index contributed by atoms with van der Waals surface area (Å²) in [5, 5.41) is 0. The number of esters is 1. The van der Waals surface area contributed by atoms with Crippen LogP contribution in [-0.4, -0.2) is 11.9 Å². The number of benzene rings is 4. The van der Waals surface area contributed by atoms with Gasteiger partial charge in [-0.15, -0.1) is 0 Å². The number of rotatable bonds is 5. The Hall–Kier alpha value is -4.24. The predicted octanol–water partition coefficient (Wildman–Crippen LogP) is 6.42. The molecule has 0 fully saturated rings. The molecule has 0 radical (unpaired) electrons. The van der Waals surface area contributed by atoms with Crippen LogP contribution in [0.1, 0.15) is 29.2 Å². The molecule has 4 aromatic carbocycles. The van der Waals surface area contributed by atoms with E-state index in [1.165, 1.54) is 0 Å². The third kappa shape index (κ3) is 2.70. The number of carbonyl (C=O) groups excluding carboxylic acids is 1. The molecule has 1 heterocycles. The van der Waals surface area contributed by atoms with Gasteiger partial charge in [0.25, 0.3) is 0 Å². The van der Waals surface area contributed by atoms with Gasteiger partial charge >= 0.3 is 5.97 Å². The molecule has 3 nitrogen and oxygen atoms in total. The molecule has 2 aliphatic rings. The minimum absolute atomic E-state index is 0.348. The van der Waals surface area contributed by atoms with Crippen LogP contribution in [0, 0.1) is 0 Å². The monoisotopic (exact) mass is 441 g/mol. The number of cyclic esters (lactones) is 1. The van der Waals surface area contributed by atoms with Crippen LogP contribution in [0.3, 0.4) is 0 Å². The first-order chi connectivity index (χ1) is 16.7. The summed E-state index contributed by atoms with van der Waals surface area (Å²) < 4.78 is 5.73. The fraction of sp³-hybridized carbons (Fsp3) is 0.0968. The zero-order valence-corrected chi connectivity index (χ0v) is 18.8. The molecule has 1 unspecified atom stereocenters. The number of nitrogens with zero attached hydrogens (tertiary/aromatic N) is 1. The number of ether oxygens (including phenoxy) is 1. The van der Waals surface area contributed by atoms with Crippen LogP contribution in [0.5, 0.6) is 0 Å². The van der Waals surface area contributed by atoms with Crippen LogP contribution < -0.4 is 0 Å². The Bertz CT molecular complexity index is 1370. The first-order valence-corrected chi connectivity index (χ1v) is 11.5. The molecular formula is C31H23NO2. The minimum atomic E-state index is -1.27. The highest BCUT2D eigenvalue weighted by Crippen LogP contribution is 2.73. The molecule has 34 heavy (non-hydrogen) atoms. The van der Waals surface area contributed by atoms with Crippen LogP contribution in [0.25, 0.3) is 11.1 Å². The Kier molecular flexibility index (Phi) is 4.59. The lowest BCUT2D eigenvalue weighted by Crippen LogP contribution is -2.46. The average molecular weight is 442 g/mol. The lowest BCUT2D eigenvalue weighted by Gasteiger charge is -2.36. The molecule has 0 N–H and O–H groups in total. The number of hydrogen-bond donors (Lipinski definition) is 0. The van der Waals surface area contributed by atoms with Gasteiger partial charge in [0.05, 0.1) is 5.41 Å². The van der Waals surface area contributed by atoms with Gasteiger partial charge in [0, 0.05) is 6.92 Å². The zero-order chi connectivity index (χ0) is 23.2. The van der Waals surface area contributed by atoms with Crippen molar-refractivity contribution < 1.29 is 9.53 Å². The van der Waals surface area contributed by atoms with Crippen molar-refractivity contribution in [2.24, 2.45) is 4.99 Å². The van der Waals surface area contributed by atoms with Crippen LogP contribution >= 0.6 is 0 Å². The van der Waals surface area contributed by atoms with E-state index in [1.54, 1.807) is 6.92 Å². The molecule has 1 atom stereocenters. The molecule has 1 aliphatic carbocycles. The minimum Gasteiger partial charge on any atom is -0.410 e. The van der Waals surface area contributed by atoms with Gasteiger partial charge in [-0.1, -0.05) is 121 Å². The fourth-order valence-corrected chi connectivity index (χ4v) is 5.59. The SMILES string of the molecule is CC1=NC(c2ccccc2)(C2(c3ccccc3)C(c3ccccc3)=C2c2ccccc2)C(=O)O1. The highest BCUT2D eigenvalue weighted by atomic mass is 16.6. The Labute approximate surface area is 199 Å². The third-order valence-electron chi connectivity index (χ3n) is 6.86. The Morgan fingerprint density at radius 1 is 0.588 bits per heavy atom. The highest BCUT2D eigenvalue weighted by Gasteiger charge is 2.73. The van der Waals surface area contributed by atoms with E-state index in [4.69, 9.17) is 9.73 Å². The second-order valence-electron chi connectivity index (χ2n) is 8.69. The van der Waals surface area contributed by atoms with Crippen molar-refractivity contribution in [1.29, 1.82) is 0 Å². The summed E-state index contributed by atoms with van der Waals surface area (Å²) >= 11 is 0.